The summed E-state index contributed by atoms with van der Waals surface area (Å²) in [4.78, 5) is 4.15. The van der Waals surface area contributed by atoms with Crippen LogP contribution in [0.1, 0.15) is 11.1 Å². The maximum Gasteiger partial charge on any atom is 0.191 e. The van der Waals surface area contributed by atoms with Crippen LogP contribution in [0.25, 0.3) is 0 Å². The Morgan fingerprint density at radius 3 is 2.31 bits per heavy atom. The van der Waals surface area contributed by atoms with E-state index in [1.165, 1.54) is 12.1 Å². The van der Waals surface area contributed by atoms with Crippen molar-refractivity contribution in [2.75, 3.05) is 25.9 Å². The van der Waals surface area contributed by atoms with Gasteiger partial charge in [-0.2, -0.15) is 0 Å². The van der Waals surface area contributed by atoms with E-state index >= 15 is 0 Å². The lowest BCUT2D eigenvalue weighted by Crippen LogP contribution is -2.40. The molecule has 142 valence electrons. The zero-order chi connectivity index (χ0) is 17.9. The van der Waals surface area contributed by atoms with Gasteiger partial charge in [-0.3, -0.25) is 9.20 Å². The molecule has 2 aromatic carbocycles. The first-order chi connectivity index (χ1) is 12.2. The van der Waals surface area contributed by atoms with E-state index in [9.17, 15) is 8.60 Å². The fourth-order valence-electron chi connectivity index (χ4n) is 2.31. The van der Waals surface area contributed by atoms with Gasteiger partial charge in [0.1, 0.15) is 5.82 Å². The van der Waals surface area contributed by atoms with Crippen LogP contribution < -0.4 is 10.6 Å². The van der Waals surface area contributed by atoms with Crippen LogP contribution in [0, 0.1) is 5.82 Å². The molecule has 0 radical (unpaired) electrons. The highest BCUT2D eigenvalue weighted by atomic mass is 127. The van der Waals surface area contributed by atoms with Crippen LogP contribution >= 0.6 is 24.0 Å². The quantitative estimate of drug-likeness (QED) is 0.341. The SMILES string of the molecule is CN=C(NCCc1ccc(F)cc1)NCCS(=O)Cc1ccccc1.I. The van der Waals surface area contributed by atoms with Gasteiger partial charge >= 0.3 is 0 Å². The third-order valence-electron chi connectivity index (χ3n) is 3.64. The Labute approximate surface area is 174 Å². The molecule has 0 saturated heterocycles. The topological polar surface area (TPSA) is 53.5 Å². The van der Waals surface area contributed by atoms with E-state index in [1.54, 1.807) is 19.2 Å². The van der Waals surface area contributed by atoms with Crippen molar-refractivity contribution in [1.29, 1.82) is 0 Å². The van der Waals surface area contributed by atoms with Crippen molar-refractivity contribution in [2.24, 2.45) is 4.99 Å². The number of hydrogen-bond acceptors (Lipinski definition) is 2. The van der Waals surface area contributed by atoms with Crippen LogP contribution in [0.2, 0.25) is 0 Å². The van der Waals surface area contributed by atoms with Crippen molar-refractivity contribution in [3.8, 4) is 0 Å². The van der Waals surface area contributed by atoms with Crippen molar-refractivity contribution in [1.82, 2.24) is 10.6 Å². The van der Waals surface area contributed by atoms with Crippen LogP contribution in [-0.4, -0.2) is 36.1 Å². The maximum absolute atomic E-state index is 12.9. The molecule has 0 spiro atoms. The number of nitrogens with zero attached hydrogens (tertiary/aromatic N) is 1. The molecule has 2 N–H and O–H groups in total. The average Bonchev–Trinajstić information content (AvgIpc) is 2.63. The van der Waals surface area contributed by atoms with Crippen molar-refractivity contribution in [3.05, 3.63) is 71.5 Å². The fraction of sp³-hybridized carbons (Fsp3) is 0.316. The molecule has 26 heavy (non-hydrogen) atoms. The summed E-state index contributed by atoms with van der Waals surface area (Å²) in [6.07, 6.45) is 0.779. The molecular formula is C19H25FIN3OS. The van der Waals surface area contributed by atoms with Crippen LogP contribution in [0.4, 0.5) is 4.39 Å². The minimum Gasteiger partial charge on any atom is -0.356 e. The molecule has 4 nitrogen and oxygen atoms in total. The van der Waals surface area contributed by atoms with Gasteiger partial charge < -0.3 is 10.6 Å². The van der Waals surface area contributed by atoms with Crippen molar-refractivity contribution in [2.45, 2.75) is 12.2 Å². The fourth-order valence-corrected chi connectivity index (χ4v) is 3.35. The Morgan fingerprint density at radius 2 is 1.65 bits per heavy atom. The Bertz CT molecular complexity index is 696. The summed E-state index contributed by atoms with van der Waals surface area (Å²) in [5.41, 5.74) is 2.15. The number of nitrogens with one attached hydrogen (secondary N) is 2. The van der Waals surface area contributed by atoms with Gasteiger partial charge in [0.15, 0.2) is 5.96 Å². The molecule has 0 aromatic heterocycles. The minimum absolute atomic E-state index is 0. The predicted molar refractivity (Wildman–Crippen MR) is 118 cm³/mol. The van der Waals surface area contributed by atoms with Crippen molar-refractivity contribution < 1.29 is 8.60 Å². The molecule has 1 atom stereocenters. The number of aliphatic imine (C=N–C) groups is 1. The zero-order valence-corrected chi connectivity index (χ0v) is 17.9. The lowest BCUT2D eigenvalue weighted by atomic mass is 10.1. The van der Waals surface area contributed by atoms with Gasteiger partial charge in [0.25, 0.3) is 0 Å². The maximum atomic E-state index is 12.9. The molecule has 0 fully saturated rings. The largest absolute Gasteiger partial charge is 0.356 e. The summed E-state index contributed by atoms with van der Waals surface area (Å²) in [6, 6.07) is 16.3. The zero-order valence-electron chi connectivity index (χ0n) is 14.8. The number of benzene rings is 2. The predicted octanol–water partition coefficient (Wildman–Crippen LogP) is 3.10. The monoisotopic (exact) mass is 489 g/mol. The molecule has 1 unspecified atom stereocenters. The van der Waals surface area contributed by atoms with E-state index in [0.717, 1.165) is 17.5 Å². The smallest absolute Gasteiger partial charge is 0.191 e. The minimum atomic E-state index is -0.908. The first-order valence-corrected chi connectivity index (χ1v) is 9.74. The van der Waals surface area contributed by atoms with Gasteiger partial charge in [0, 0.05) is 42.4 Å². The molecule has 0 amide bonds. The molecule has 2 aromatic rings. The molecular weight excluding hydrogens is 464 g/mol. The Morgan fingerprint density at radius 1 is 1.00 bits per heavy atom. The molecule has 0 aliphatic rings. The second kappa shape index (κ2) is 12.8. The van der Waals surface area contributed by atoms with Gasteiger partial charge in [-0.05, 0) is 29.7 Å². The molecule has 0 bridgehead atoms. The standard InChI is InChI=1S/C19H24FN3OS.HI/c1-21-19(22-12-11-16-7-9-18(20)10-8-16)23-13-14-25(24)15-17-5-3-2-4-6-17;/h2-10H,11-15H2,1H3,(H2,21,22,23);1H. The lowest BCUT2D eigenvalue weighted by Gasteiger charge is -2.12. The van der Waals surface area contributed by atoms with Gasteiger partial charge in [0.05, 0.1) is 0 Å². The van der Waals surface area contributed by atoms with Gasteiger partial charge in [-0.15, -0.1) is 24.0 Å². The first-order valence-electron chi connectivity index (χ1n) is 8.25. The summed E-state index contributed by atoms with van der Waals surface area (Å²) >= 11 is 0. The number of rotatable bonds is 8. The van der Waals surface area contributed by atoms with Gasteiger partial charge in [0.2, 0.25) is 0 Å². The van der Waals surface area contributed by atoms with Crippen LogP contribution in [0.15, 0.2) is 59.6 Å². The van der Waals surface area contributed by atoms with E-state index in [2.05, 4.69) is 15.6 Å². The summed E-state index contributed by atoms with van der Waals surface area (Å²) in [5.74, 6) is 1.59. The normalized spacial score (nSPS) is 12.2. The summed E-state index contributed by atoms with van der Waals surface area (Å²) in [5, 5.41) is 6.37. The highest BCUT2D eigenvalue weighted by Gasteiger charge is 2.03. The summed E-state index contributed by atoms with van der Waals surface area (Å²) in [6.45, 7) is 1.29. The molecule has 0 heterocycles. The van der Waals surface area contributed by atoms with Gasteiger partial charge in [-0.1, -0.05) is 42.5 Å². The third kappa shape index (κ3) is 8.75. The lowest BCUT2D eigenvalue weighted by molar-refractivity contribution is 0.626. The number of guanidine groups is 1. The van der Waals surface area contributed by atoms with E-state index in [4.69, 9.17) is 0 Å². The van der Waals surface area contributed by atoms with E-state index in [1.807, 2.05) is 30.3 Å². The van der Waals surface area contributed by atoms with Crippen LogP contribution in [0.3, 0.4) is 0 Å². The second-order valence-electron chi connectivity index (χ2n) is 5.58. The van der Waals surface area contributed by atoms with E-state index in [0.29, 0.717) is 30.6 Å². The van der Waals surface area contributed by atoms with E-state index < -0.39 is 10.8 Å². The average molecular weight is 489 g/mol. The third-order valence-corrected chi connectivity index (χ3v) is 4.95. The van der Waals surface area contributed by atoms with E-state index in [-0.39, 0.29) is 29.8 Å². The molecule has 7 heteroatoms. The Balaban J connectivity index is 0.00000338. The highest BCUT2D eigenvalue weighted by Crippen LogP contribution is 2.03. The van der Waals surface area contributed by atoms with Crippen molar-refractivity contribution in [3.63, 3.8) is 0 Å². The summed E-state index contributed by atoms with van der Waals surface area (Å²) < 4.78 is 25.0. The number of hydrogen-bond donors (Lipinski definition) is 2. The highest BCUT2D eigenvalue weighted by molar-refractivity contribution is 14.0. The van der Waals surface area contributed by atoms with Crippen molar-refractivity contribution >= 4 is 40.7 Å². The van der Waals surface area contributed by atoms with Crippen LogP contribution in [-0.2, 0) is 23.0 Å². The Kier molecular flexibility index (Phi) is 11.1. The van der Waals surface area contributed by atoms with Crippen LogP contribution in [0.5, 0.6) is 0 Å². The second-order valence-corrected chi connectivity index (χ2v) is 7.15. The molecule has 0 saturated carbocycles. The summed E-state index contributed by atoms with van der Waals surface area (Å²) in [7, 11) is 0.795. The molecule has 0 aliphatic heterocycles. The number of halogens is 2. The molecule has 0 aliphatic carbocycles. The van der Waals surface area contributed by atoms with Gasteiger partial charge in [-0.25, -0.2) is 4.39 Å². The Hall–Kier alpha value is -1.48. The molecule has 2 rings (SSSR count). The first kappa shape index (κ1) is 22.6.